The van der Waals surface area contributed by atoms with Crippen molar-refractivity contribution >= 4 is 26.8 Å². The Balaban J connectivity index is 1.90. The topological polar surface area (TPSA) is 14.2 Å². The zero-order valence-corrected chi connectivity index (χ0v) is 12.9. The van der Waals surface area contributed by atoms with Gasteiger partial charge in [0, 0.05) is 28.1 Å². The summed E-state index contributed by atoms with van der Waals surface area (Å²) in [6, 6.07) is 16.8. The van der Waals surface area contributed by atoms with Crippen molar-refractivity contribution in [2.75, 3.05) is 6.61 Å². The lowest BCUT2D eigenvalue weighted by atomic mass is 10.2. The van der Waals surface area contributed by atoms with Crippen molar-refractivity contribution in [2.24, 2.45) is 0 Å². The Morgan fingerprint density at radius 2 is 1.85 bits per heavy atom. The third kappa shape index (κ3) is 2.73. The molecule has 0 N–H and O–H groups in total. The minimum Gasteiger partial charge on any atom is -0.494 e. The zero-order chi connectivity index (χ0) is 13.9. The average molecular weight is 330 g/mol. The molecule has 0 amide bonds. The van der Waals surface area contributed by atoms with E-state index in [0.29, 0.717) is 6.61 Å². The molecule has 0 spiro atoms. The van der Waals surface area contributed by atoms with Crippen LogP contribution in [-0.4, -0.2) is 11.2 Å². The fourth-order valence-corrected chi connectivity index (χ4v) is 2.62. The summed E-state index contributed by atoms with van der Waals surface area (Å²) < 4.78 is 8.91. The Labute approximate surface area is 127 Å². The van der Waals surface area contributed by atoms with Crippen molar-refractivity contribution in [1.29, 1.82) is 0 Å². The molecule has 2 aromatic carbocycles. The van der Waals surface area contributed by atoms with E-state index in [1.165, 1.54) is 16.5 Å². The van der Waals surface area contributed by atoms with Crippen molar-refractivity contribution in [1.82, 2.24) is 4.57 Å². The Morgan fingerprint density at radius 3 is 2.60 bits per heavy atom. The van der Waals surface area contributed by atoms with Crippen molar-refractivity contribution in [3.05, 3.63) is 64.8 Å². The van der Waals surface area contributed by atoms with E-state index >= 15 is 0 Å². The van der Waals surface area contributed by atoms with Gasteiger partial charge in [-0.15, -0.1) is 0 Å². The molecule has 3 aromatic rings. The SMILES string of the molecule is CCOc1ccc2c(ccn2Cc2ccc(Br)cc2)c1. The van der Waals surface area contributed by atoms with E-state index in [4.69, 9.17) is 4.74 Å². The van der Waals surface area contributed by atoms with E-state index in [2.05, 4.69) is 69.2 Å². The first kappa shape index (κ1) is 13.3. The average Bonchev–Trinajstić information content (AvgIpc) is 2.84. The number of ether oxygens (including phenoxy) is 1. The quantitative estimate of drug-likeness (QED) is 0.667. The van der Waals surface area contributed by atoms with Crippen molar-refractivity contribution < 1.29 is 4.74 Å². The Morgan fingerprint density at radius 1 is 1.05 bits per heavy atom. The minimum atomic E-state index is 0.700. The van der Waals surface area contributed by atoms with Gasteiger partial charge in [-0.25, -0.2) is 0 Å². The van der Waals surface area contributed by atoms with Crippen LogP contribution in [0, 0.1) is 0 Å². The predicted molar refractivity (Wildman–Crippen MR) is 86.4 cm³/mol. The summed E-state index contributed by atoms with van der Waals surface area (Å²) in [5, 5.41) is 1.22. The zero-order valence-electron chi connectivity index (χ0n) is 11.3. The van der Waals surface area contributed by atoms with E-state index < -0.39 is 0 Å². The molecule has 0 saturated carbocycles. The van der Waals surface area contributed by atoms with Crippen molar-refractivity contribution in [3.63, 3.8) is 0 Å². The van der Waals surface area contributed by atoms with Crippen LogP contribution in [0.3, 0.4) is 0 Å². The highest BCUT2D eigenvalue weighted by molar-refractivity contribution is 9.10. The molecule has 0 atom stereocenters. The maximum absolute atomic E-state index is 5.54. The molecule has 2 nitrogen and oxygen atoms in total. The Bertz CT molecular complexity index is 715. The monoisotopic (exact) mass is 329 g/mol. The highest BCUT2D eigenvalue weighted by atomic mass is 79.9. The van der Waals surface area contributed by atoms with Gasteiger partial charge in [0.05, 0.1) is 6.61 Å². The van der Waals surface area contributed by atoms with Gasteiger partial charge in [-0.1, -0.05) is 28.1 Å². The summed E-state index contributed by atoms with van der Waals surface area (Å²) in [7, 11) is 0. The summed E-state index contributed by atoms with van der Waals surface area (Å²) >= 11 is 3.47. The fourth-order valence-electron chi connectivity index (χ4n) is 2.36. The molecule has 3 rings (SSSR count). The van der Waals surface area contributed by atoms with Gasteiger partial charge in [-0.2, -0.15) is 0 Å². The molecule has 3 heteroatoms. The molecule has 0 radical (unpaired) electrons. The lowest BCUT2D eigenvalue weighted by Crippen LogP contribution is -1.97. The molecule has 1 aromatic heterocycles. The predicted octanol–water partition coefficient (Wildman–Crippen LogP) is 4.85. The summed E-state index contributed by atoms with van der Waals surface area (Å²) in [4.78, 5) is 0. The standard InChI is InChI=1S/C17H16BrNO/c1-2-20-16-7-8-17-14(11-16)9-10-19(17)12-13-3-5-15(18)6-4-13/h3-11H,2,12H2,1H3. The second kappa shape index (κ2) is 5.71. The fraction of sp³-hybridized carbons (Fsp3) is 0.176. The number of hydrogen-bond acceptors (Lipinski definition) is 1. The Hall–Kier alpha value is -1.74. The van der Waals surface area contributed by atoms with Crippen LogP contribution in [0.2, 0.25) is 0 Å². The van der Waals surface area contributed by atoms with Gasteiger partial charge in [-0.05, 0) is 48.9 Å². The minimum absolute atomic E-state index is 0.700. The smallest absolute Gasteiger partial charge is 0.120 e. The maximum Gasteiger partial charge on any atom is 0.120 e. The second-order valence-corrected chi connectivity index (χ2v) is 5.64. The van der Waals surface area contributed by atoms with E-state index in [1.807, 2.05) is 13.0 Å². The van der Waals surface area contributed by atoms with Crippen LogP contribution in [-0.2, 0) is 6.54 Å². The molecule has 0 saturated heterocycles. The first-order valence-electron chi connectivity index (χ1n) is 6.72. The first-order chi connectivity index (χ1) is 9.76. The molecule has 102 valence electrons. The lowest BCUT2D eigenvalue weighted by Gasteiger charge is -2.07. The van der Waals surface area contributed by atoms with Crippen LogP contribution in [0.4, 0.5) is 0 Å². The summed E-state index contributed by atoms with van der Waals surface area (Å²) in [5.41, 5.74) is 2.52. The summed E-state index contributed by atoms with van der Waals surface area (Å²) in [6.07, 6.45) is 2.13. The number of nitrogens with zero attached hydrogens (tertiary/aromatic N) is 1. The largest absolute Gasteiger partial charge is 0.494 e. The number of fused-ring (bicyclic) bond motifs is 1. The molecule has 20 heavy (non-hydrogen) atoms. The van der Waals surface area contributed by atoms with E-state index in [-0.39, 0.29) is 0 Å². The van der Waals surface area contributed by atoms with E-state index in [0.717, 1.165) is 16.8 Å². The Kier molecular flexibility index (Phi) is 3.79. The van der Waals surface area contributed by atoms with Gasteiger partial charge in [-0.3, -0.25) is 0 Å². The van der Waals surface area contributed by atoms with Crippen LogP contribution >= 0.6 is 15.9 Å². The number of hydrogen-bond donors (Lipinski definition) is 0. The van der Waals surface area contributed by atoms with Crippen LogP contribution < -0.4 is 4.74 Å². The molecule has 0 bridgehead atoms. The van der Waals surface area contributed by atoms with Gasteiger partial charge in [0.1, 0.15) is 5.75 Å². The maximum atomic E-state index is 5.54. The van der Waals surface area contributed by atoms with Crippen molar-refractivity contribution in [3.8, 4) is 5.75 Å². The lowest BCUT2D eigenvalue weighted by molar-refractivity contribution is 0.340. The molecule has 1 heterocycles. The van der Waals surface area contributed by atoms with Crippen LogP contribution in [0.5, 0.6) is 5.75 Å². The summed E-state index contributed by atoms with van der Waals surface area (Å²) in [6.45, 7) is 3.58. The van der Waals surface area contributed by atoms with Crippen molar-refractivity contribution in [2.45, 2.75) is 13.5 Å². The first-order valence-corrected chi connectivity index (χ1v) is 7.51. The molecule has 0 aliphatic rings. The summed E-state index contributed by atoms with van der Waals surface area (Å²) in [5.74, 6) is 0.932. The van der Waals surface area contributed by atoms with Crippen LogP contribution in [0.15, 0.2) is 59.2 Å². The van der Waals surface area contributed by atoms with Gasteiger partial charge < -0.3 is 9.30 Å². The third-order valence-electron chi connectivity index (χ3n) is 3.32. The molecule has 0 unspecified atom stereocenters. The molecule has 0 fully saturated rings. The highest BCUT2D eigenvalue weighted by Gasteiger charge is 2.03. The normalized spacial score (nSPS) is 10.9. The molecular weight excluding hydrogens is 314 g/mol. The number of rotatable bonds is 4. The van der Waals surface area contributed by atoms with Gasteiger partial charge >= 0.3 is 0 Å². The molecule has 0 aliphatic heterocycles. The van der Waals surface area contributed by atoms with Crippen LogP contribution in [0.1, 0.15) is 12.5 Å². The van der Waals surface area contributed by atoms with Gasteiger partial charge in [0.2, 0.25) is 0 Å². The second-order valence-electron chi connectivity index (χ2n) is 4.72. The van der Waals surface area contributed by atoms with E-state index in [9.17, 15) is 0 Å². The van der Waals surface area contributed by atoms with Crippen LogP contribution in [0.25, 0.3) is 10.9 Å². The third-order valence-corrected chi connectivity index (χ3v) is 3.85. The molecule has 0 aliphatic carbocycles. The number of benzene rings is 2. The van der Waals surface area contributed by atoms with Gasteiger partial charge in [0.25, 0.3) is 0 Å². The highest BCUT2D eigenvalue weighted by Crippen LogP contribution is 2.23. The number of aromatic nitrogens is 1. The van der Waals surface area contributed by atoms with E-state index in [1.54, 1.807) is 0 Å². The van der Waals surface area contributed by atoms with Gasteiger partial charge in [0.15, 0.2) is 0 Å². The number of halogens is 1. The molecular formula is C17H16BrNO.